The van der Waals surface area contributed by atoms with Crippen LogP contribution in [0.15, 0.2) is 18.2 Å². The smallest absolute Gasteiger partial charge is 0.322 e. The molecule has 2 amide bonds. The van der Waals surface area contributed by atoms with Crippen LogP contribution in [0.1, 0.15) is 60.3 Å². The molecule has 1 atom stereocenters. The van der Waals surface area contributed by atoms with Crippen molar-refractivity contribution in [3.63, 3.8) is 0 Å². The number of rotatable bonds is 4. The predicted molar refractivity (Wildman–Crippen MR) is 109 cm³/mol. The first kappa shape index (κ1) is 19.0. The van der Waals surface area contributed by atoms with Crippen molar-refractivity contribution < 1.29 is 9.53 Å². The van der Waals surface area contributed by atoms with Crippen LogP contribution in [0.2, 0.25) is 0 Å². The lowest BCUT2D eigenvalue weighted by Crippen LogP contribution is -2.35. The van der Waals surface area contributed by atoms with Gasteiger partial charge >= 0.3 is 6.03 Å². The molecule has 1 unspecified atom stereocenters. The second kappa shape index (κ2) is 7.95. The molecular weight excluding hydrogens is 352 g/mol. The zero-order chi connectivity index (χ0) is 19.7. The second-order valence-corrected chi connectivity index (χ2v) is 7.92. The van der Waals surface area contributed by atoms with Gasteiger partial charge in [0, 0.05) is 36.5 Å². The van der Waals surface area contributed by atoms with Crippen LogP contribution in [-0.4, -0.2) is 33.9 Å². The quantitative estimate of drug-likeness (QED) is 0.855. The lowest BCUT2D eigenvalue weighted by molar-refractivity contribution is 0.107. The Morgan fingerprint density at radius 2 is 2.18 bits per heavy atom. The number of carbonyl (C=O) groups is 1. The predicted octanol–water partition coefficient (Wildman–Crippen LogP) is 4.35. The van der Waals surface area contributed by atoms with Crippen molar-refractivity contribution in [2.24, 2.45) is 0 Å². The Balaban J connectivity index is 1.58. The number of hydrogen-bond donors (Lipinski definition) is 1. The van der Waals surface area contributed by atoms with Gasteiger partial charge in [0.25, 0.3) is 0 Å². The van der Waals surface area contributed by atoms with Crippen LogP contribution < -0.4 is 5.32 Å². The fourth-order valence-corrected chi connectivity index (χ4v) is 4.31. The van der Waals surface area contributed by atoms with Crippen LogP contribution in [-0.2, 0) is 24.3 Å². The van der Waals surface area contributed by atoms with Gasteiger partial charge in [-0.3, -0.25) is 4.68 Å². The average Bonchev–Trinajstić information content (AvgIpc) is 3.30. The molecule has 1 aromatic heterocycles. The summed E-state index contributed by atoms with van der Waals surface area (Å²) in [4.78, 5) is 15.0. The summed E-state index contributed by atoms with van der Waals surface area (Å²) in [7, 11) is 0. The van der Waals surface area contributed by atoms with Crippen LogP contribution in [0.5, 0.6) is 0 Å². The SMILES string of the molecule is CCCn1nc(C2CCCN2C(=O)Nc2ccc(C)c(C)c2)c2c1CCOC2. The van der Waals surface area contributed by atoms with Gasteiger partial charge in [0.15, 0.2) is 0 Å². The Kier molecular flexibility index (Phi) is 5.40. The van der Waals surface area contributed by atoms with E-state index in [-0.39, 0.29) is 12.1 Å². The van der Waals surface area contributed by atoms with Gasteiger partial charge in [-0.25, -0.2) is 4.79 Å². The van der Waals surface area contributed by atoms with E-state index in [4.69, 9.17) is 9.84 Å². The highest BCUT2D eigenvalue weighted by Gasteiger charge is 2.35. The topological polar surface area (TPSA) is 59.4 Å². The van der Waals surface area contributed by atoms with Crippen molar-refractivity contribution in [3.05, 3.63) is 46.3 Å². The summed E-state index contributed by atoms with van der Waals surface area (Å²) < 4.78 is 7.87. The van der Waals surface area contributed by atoms with Crippen molar-refractivity contribution >= 4 is 11.7 Å². The molecule has 2 aromatic rings. The summed E-state index contributed by atoms with van der Waals surface area (Å²) in [5.74, 6) is 0. The van der Waals surface area contributed by atoms with Crippen LogP contribution in [0, 0.1) is 13.8 Å². The molecular formula is C22H30N4O2. The number of nitrogens with one attached hydrogen (secondary N) is 1. The summed E-state index contributed by atoms with van der Waals surface area (Å²) in [5, 5.41) is 8.03. The first-order valence-corrected chi connectivity index (χ1v) is 10.4. The van der Waals surface area contributed by atoms with Gasteiger partial charge in [0.2, 0.25) is 0 Å². The average molecular weight is 383 g/mol. The number of amides is 2. The lowest BCUT2D eigenvalue weighted by Gasteiger charge is -2.25. The van der Waals surface area contributed by atoms with E-state index in [0.29, 0.717) is 6.61 Å². The highest BCUT2D eigenvalue weighted by Crippen LogP contribution is 2.36. The summed E-state index contributed by atoms with van der Waals surface area (Å²) in [6, 6.07) is 6.04. The minimum atomic E-state index is -0.0405. The van der Waals surface area contributed by atoms with Crippen molar-refractivity contribution in [2.75, 3.05) is 18.5 Å². The van der Waals surface area contributed by atoms with Crippen molar-refractivity contribution in [3.8, 4) is 0 Å². The van der Waals surface area contributed by atoms with Gasteiger partial charge in [-0.2, -0.15) is 5.10 Å². The number of fused-ring (bicyclic) bond motifs is 1. The van der Waals surface area contributed by atoms with E-state index in [1.54, 1.807) is 0 Å². The molecule has 3 heterocycles. The molecule has 0 aliphatic carbocycles. The van der Waals surface area contributed by atoms with Crippen molar-refractivity contribution in [1.82, 2.24) is 14.7 Å². The Morgan fingerprint density at radius 3 is 2.96 bits per heavy atom. The number of nitrogens with zero attached hydrogens (tertiary/aromatic N) is 3. The summed E-state index contributed by atoms with van der Waals surface area (Å²) in [5.41, 5.74) is 6.79. The highest BCUT2D eigenvalue weighted by atomic mass is 16.5. The molecule has 150 valence electrons. The second-order valence-electron chi connectivity index (χ2n) is 7.92. The molecule has 0 spiro atoms. The molecule has 2 aliphatic heterocycles. The van der Waals surface area contributed by atoms with Crippen LogP contribution in [0.3, 0.4) is 0 Å². The Morgan fingerprint density at radius 1 is 1.32 bits per heavy atom. The number of likely N-dealkylation sites (tertiary alicyclic amines) is 1. The van der Waals surface area contributed by atoms with E-state index in [0.717, 1.165) is 56.8 Å². The molecule has 6 nitrogen and oxygen atoms in total. The van der Waals surface area contributed by atoms with E-state index in [1.165, 1.54) is 22.4 Å². The van der Waals surface area contributed by atoms with E-state index < -0.39 is 0 Å². The van der Waals surface area contributed by atoms with Crippen molar-refractivity contribution in [1.29, 1.82) is 0 Å². The number of urea groups is 1. The molecule has 1 aromatic carbocycles. The first-order valence-electron chi connectivity index (χ1n) is 10.4. The minimum absolute atomic E-state index is 0.0279. The molecule has 28 heavy (non-hydrogen) atoms. The monoisotopic (exact) mass is 382 g/mol. The number of carbonyl (C=O) groups excluding carboxylic acids is 1. The maximum atomic E-state index is 13.0. The molecule has 1 N–H and O–H groups in total. The fraction of sp³-hybridized carbons (Fsp3) is 0.545. The third kappa shape index (κ3) is 3.53. The standard InChI is InChI=1S/C22H30N4O2/c1-4-10-26-19-9-12-28-14-18(19)21(24-26)20-6-5-11-25(20)22(27)23-17-8-7-15(2)16(3)13-17/h7-8,13,20H,4-6,9-12,14H2,1-3H3,(H,23,27). The van der Waals surface area contributed by atoms with Gasteiger partial charge in [-0.05, 0) is 56.4 Å². The number of hydrogen-bond acceptors (Lipinski definition) is 3. The van der Waals surface area contributed by atoms with Gasteiger partial charge in [-0.1, -0.05) is 13.0 Å². The summed E-state index contributed by atoms with van der Waals surface area (Å²) in [6.45, 7) is 9.36. The number of aromatic nitrogens is 2. The zero-order valence-electron chi connectivity index (χ0n) is 17.1. The van der Waals surface area contributed by atoms with Gasteiger partial charge in [0.1, 0.15) is 0 Å². The number of benzene rings is 1. The summed E-state index contributed by atoms with van der Waals surface area (Å²) >= 11 is 0. The normalized spacial score (nSPS) is 19.0. The van der Waals surface area contributed by atoms with Gasteiger partial charge < -0.3 is 15.0 Å². The highest BCUT2D eigenvalue weighted by molar-refractivity contribution is 5.90. The van der Waals surface area contributed by atoms with Crippen LogP contribution >= 0.6 is 0 Å². The van der Waals surface area contributed by atoms with E-state index in [1.807, 2.05) is 23.1 Å². The molecule has 1 fully saturated rings. The molecule has 6 heteroatoms. The Hall–Kier alpha value is -2.34. The van der Waals surface area contributed by atoms with Gasteiger partial charge in [-0.15, -0.1) is 0 Å². The molecule has 0 saturated carbocycles. The van der Waals surface area contributed by atoms with Crippen LogP contribution in [0.25, 0.3) is 0 Å². The molecule has 2 aliphatic rings. The zero-order valence-corrected chi connectivity index (χ0v) is 17.1. The molecule has 0 radical (unpaired) electrons. The molecule has 4 rings (SSSR count). The Bertz CT molecular complexity index is 874. The maximum absolute atomic E-state index is 13.0. The first-order chi connectivity index (χ1) is 13.6. The fourth-order valence-electron chi connectivity index (χ4n) is 4.31. The number of ether oxygens (including phenoxy) is 1. The lowest BCUT2D eigenvalue weighted by atomic mass is 10.0. The minimum Gasteiger partial charge on any atom is -0.376 e. The van der Waals surface area contributed by atoms with E-state index in [2.05, 4.69) is 30.8 Å². The number of aryl methyl sites for hydroxylation is 3. The molecule has 1 saturated heterocycles. The third-order valence-electron chi connectivity index (χ3n) is 5.95. The molecule has 0 bridgehead atoms. The largest absolute Gasteiger partial charge is 0.376 e. The van der Waals surface area contributed by atoms with Crippen molar-refractivity contribution in [2.45, 2.75) is 65.6 Å². The van der Waals surface area contributed by atoms with Crippen LogP contribution in [0.4, 0.5) is 10.5 Å². The summed E-state index contributed by atoms with van der Waals surface area (Å²) in [6.07, 6.45) is 3.91. The van der Waals surface area contributed by atoms with Gasteiger partial charge in [0.05, 0.1) is 24.9 Å². The number of anilines is 1. The Labute approximate surface area is 166 Å². The maximum Gasteiger partial charge on any atom is 0.322 e. The third-order valence-corrected chi connectivity index (χ3v) is 5.95. The van der Waals surface area contributed by atoms with E-state index >= 15 is 0 Å². The van der Waals surface area contributed by atoms with E-state index in [9.17, 15) is 4.79 Å².